The van der Waals surface area contributed by atoms with Crippen LogP contribution in [0.15, 0.2) is 40.9 Å². The van der Waals surface area contributed by atoms with Gasteiger partial charge in [0.1, 0.15) is 0 Å². The van der Waals surface area contributed by atoms with Crippen molar-refractivity contribution in [1.29, 1.82) is 0 Å². The second-order valence-corrected chi connectivity index (χ2v) is 7.91. The number of rotatable bonds is 6. The molecule has 0 amide bonds. The topological polar surface area (TPSA) is 40.1 Å². The molecule has 28 heavy (non-hydrogen) atoms. The smallest absolute Gasteiger partial charge is 0.193 e. The van der Waals surface area contributed by atoms with E-state index in [1.54, 1.807) is 5.57 Å². The fraction of sp³-hybridized carbons (Fsp3) is 0.609. The van der Waals surface area contributed by atoms with Crippen LogP contribution in [0.4, 0.5) is 0 Å². The van der Waals surface area contributed by atoms with Gasteiger partial charge in [0.2, 0.25) is 0 Å². The molecule has 3 rings (SSSR count). The Balaban J connectivity index is 1.50. The van der Waals surface area contributed by atoms with Gasteiger partial charge in [0.05, 0.1) is 13.2 Å². The Hall–Kier alpha value is -1.85. The normalized spacial score (nSPS) is 20.1. The van der Waals surface area contributed by atoms with Crippen molar-refractivity contribution in [3.63, 3.8) is 0 Å². The van der Waals surface area contributed by atoms with E-state index >= 15 is 0 Å². The lowest BCUT2D eigenvalue weighted by Crippen LogP contribution is -2.45. The molecule has 0 radical (unpaired) electrons. The minimum atomic E-state index is 0.560. The summed E-state index contributed by atoms with van der Waals surface area (Å²) in [6, 6.07) is 10.6. The number of aliphatic imine (C=N–C) groups is 1. The second kappa shape index (κ2) is 11.2. The molecule has 1 atom stereocenters. The first-order valence-corrected chi connectivity index (χ1v) is 10.8. The van der Waals surface area contributed by atoms with Crippen molar-refractivity contribution in [2.45, 2.75) is 26.7 Å². The molecule has 0 bridgehead atoms. The maximum Gasteiger partial charge on any atom is 0.193 e. The van der Waals surface area contributed by atoms with Gasteiger partial charge in [-0.15, -0.1) is 0 Å². The van der Waals surface area contributed by atoms with E-state index in [0.29, 0.717) is 5.92 Å². The van der Waals surface area contributed by atoms with Gasteiger partial charge in [-0.05, 0) is 31.2 Å². The van der Waals surface area contributed by atoms with Crippen LogP contribution in [-0.2, 0) is 4.74 Å². The molecule has 1 N–H and O–H groups in total. The number of likely N-dealkylation sites (tertiary alicyclic amines) is 1. The van der Waals surface area contributed by atoms with Crippen LogP contribution in [0.25, 0.3) is 6.08 Å². The van der Waals surface area contributed by atoms with E-state index in [9.17, 15) is 0 Å². The van der Waals surface area contributed by atoms with Crippen molar-refractivity contribution < 1.29 is 4.74 Å². The molecule has 2 aliphatic heterocycles. The highest BCUT2D eigenvalue weighted by Crippen LogP contribution is 2.19. The first kappa shape index (κ1) is 20.9. The van der Waals surface area contributed by atoms with Crippen molar-refractivity contribution in [2.24, 2.45) is 10.9 Å². The van der Waals surface area contributed by atoms with Crippen LogP contribution in [0.2, 0.25) is 0 Å². The molecule has 1 aromatic carbocycles. The van der Waals surface area contributed by atoms with Gasteiger partial charge in [-0.25, -0.2) is 0 Å². The zero-order valence-corrected chi connectivity index (χ0v) is 17.6. The van der Waals surface area contributed by atoms with Gasteiger partial charge in [0.15, 0.2) is 5.96 Å². The number of guanidine groups is 1. The Labute approximate surface area is 170 Å². The Bertz CT molecular complexity index is 627. The maximum absolute atomic E-state index is 5.45. The summed E-state index contributed by atoms with van der Waals surface area (Å²) in [5, 5.41) is 3.50. The van der Waals surface area contributed by atoms with Gasteiger partial charge in [-0.3, -0.25) is 9.89 Å². The van der Waals surface area contributed by atoms with Gasteiger partial charge >= 0.3 is 0 Å². The second-order valence-electron chi connectivity index (χ2n) is 7.91. The van der Waals surface area contributed by atoms with Gasteiger partial charge in [-0.1, -0.05) is 48.9 Å². The number of ether oxygens (including phenoxy) is 1. The highest BCUT2D eigenvalue weighted by molar-refractivity contribution is 5.80. The summed E-state index contributed by atoms with van der Waals surface area (Å²) in [5.41, 5.74) is 2.85. The standard InChI is InChI=1S/C23H36N4O/c1-3-24-23(25-18-20(2)19-26-13-15-28-16-14-26)27-11-9-22(10-12-27)17-21-7-5-4-6-8-21/h4-8,17,20H,3,9-16,18-19H2,1-2H3,(H,24,25). The van der Waals surface area contributed by atoms with Crippen LogP contribution < -0.4 is 5.32 Å². The molecule has 0 saturated carbocycles. The summed E-state index contributed by atoms with van der Waals surface area (Å²) in [5.74, 6) is 1.64. The van der Waals surface area contributed by atoms with Crippen LogP contribution in [0.3, 0.4) is 0 Å². The summed E-state index contributed by atoms with van der Waals surface area (Å²) in [4.78, 5) is 9.89. The molecule has 2 fully saturated rings. The number of nitrogens with one attached hydrogen (secondary N) is 1. The van der Waals surface area contributed by atoms with Crippen LogP contribution in [0, 0.1) is 5.92 Å². The zero-order valence-electron chi connectivity index (χ0n) is 17.6. The molecule has 2 saturated heterocycles. The molecular weight excluding hydrogens is 348 g/mol. The lowest BCUT2D eigenvalue weighted by molar-refractivity contribution is 0.0323. The molecule has 0 aromatic heterocycles. The summed E-state index contributed by atoms with van der Waals surface area (Å²) in [6.07, 6.45) is 4.58. The van der Waals surface area contributed by atoms with Crippen molar-refractivity contribution in [3.05, 3.63) is 41.5 Å². The summed E-state index contributed by atoms with van der Waals surface area (Å²) >= 11 is 0. The highest BCUT2D eigenvalue weighted by Gasteiger charge is 2.18. The van der Waals surface area contributed by atoms with E-state index in [2.05, 4.69) is 65.4 Å². The Morgan fingerprint density at radius 3 is 2.54 bits per heavy atom. The van der Waals surface area contributed by atoms with Crippen molar-refractivity contribution in [3.8, 4) is 0 Å². The molecule has 5 heteroatoms. The maximum atomic E-state index is 5.45. The van der Waals surface area contributed by atoms with Gasteiger partial charge in [0.25, 0.3) is 0 Å². The Morgan fingerprint density at radius 1 is 1.14 bits per heavy atom. The number of benzene rings is 1. The largest absolute Gasteiger partial charge is 0.379 e. The Morgan fingerprint density at radius 2 is 1.86 bits per heavy atom. The van der Waals surface area contributed by atoms with Crippen molar-refractivity contribution in [1.82, 2.24) is 15.1 Å². The fourth-order valence-electron chi connectivity index (χ4n) is 3.89. The van der Waals surface area contributed by atoms with Crippen LogP contribution in [0.1, 0.15) is 32.3 Å². The monoisotopic (exact) mass is 384 g/mol. The molecule has 5 nitrogen and oxygen atoms in total. The fourth-order valence-corrected chi connectivity index (χ4v) is 3.89. The van der Waals surface area contributed by atoms with E-state index in [1.165, 1.54) is 5.56 Å². The molecule has 1 unspecified atom stereocenters. The zero-order chi connectivity index (χ0) is 19.6. The van der Waals surface area contributed by atoms with E-state index in [4.69, 9.17) is 9.73 Å². The predicted octanol–water partition coefficient (Wildman–Crippen LogP) is 3.10. The number of piperidine rings is 1. The van der Waals surface area contributed by atoms with E-state index in [0.717, 1.165) is 77.8 Å². The van der Waals surface area contributed by atoms with Crippen molar-refractivity contribution in [2.75, 3.05) is 59.0 Å². The average molecular weight is 385 g/mol. The van der Waals surface area contributed by atoms with E-state index in [-0.39, 0.29) is 0 Å². The van der Waals surface area contributed by atoms with Crippen LogP contribution in [0.5, 0.6) is 0 Å². The number of nitrogens with zero attached hydrogens (tertiary/aromatic N) is 3. The van der Waals surface area contributed by atoms with Crippen LogP contribution >= 0.6 is 0 Å². The number of morpholine rings is 1. The molecule has 0 spiro atoms. The third-order valence-corrected chi connectivity index (χ3v) is 5.44. The third-order valence-electron chi connectivity index (χ3n) is 5.44. The Kier molecular flexibility index (Phi) is 8.37. The summed E-state index contributed by atoms with van der Waals surface area (Å²) < 4.78 is 5.45. The minimum absolute atomic E-state index is 0.560. The van der Waals surface area contributed by atoms with E-state index in [1.807, 2.05) is 0 Å². The van der Waals surface area contributed by atoms with Gasteiger partial charge in [0, 0.05) is 45.8 Å². The third kappa shape index (κ3) is 6.64. The summed E-state index contributed by atoms with van der Waals surface area (Å²) in [7, 11) is 0. The predicted molar refractivity (Wildman–Crippen MR) is 118 cm³/mol. The SMILES string of the molecule is CCNC(=NCC(C)CN1CCOCC1)N1CCC(=Cc2ccccc2)CC1. The van der Waals surface area contributed by atoms with Gasteiger partial charge < -0.3 is 15.0 Å². The molecule has 1 aromatic rings. The molecule has 0 aliphatic carbocycles. The number of hydrogen-bond acceptors (Lipinski definition) is 3. The quantitative estimate of drug-likeness (QED) is 0.604. The van der Waals surface area contributed by atoms with Crippen LogP contribution in [-0.4, -0.2) is 74.8 Å². The lowest BCUT2D eigenvalue weighted by atomic mass is 10.0. The molecule has 2 aliphatic rings. The first-order chi connectivity index (χ1) is 13.7. The van der Waals surface area contributed by atoms with Gasteiger partial charge in [-0.2, -0.15) is 0 Å². The first-order valence-electron chi connectivity index (χ1n) is 10.8. The minimum Gasteiger partial charge on any atom is -0.379 e. The number of hydrogen-bond donors (Lipinski definition) is 1. The molecule has 2 heterocycles. The average Bonchev–Trinajstić information content (AvgIpc) is 2.73. The highest BCUT2D eigenvalue weighted by atomic mass is 16.5. The van der Waals surface area contributed by atoms with Crippen molar-refractivity contribution >= 4 is 12.0 Å². The molecule has 154 valence electrons. The van der Waals surface area contributed by atoms with E-state index < -0.39 is 0 Å². The lowest BCUT2D eigenvalue weighted by Gasteiger charge is -2.32. The molecular formula is C23H36N4O. The summed E-state index contributed by atoms with van der Waals surface area (Å²) in [6.45, 7) is 13.3.